The second-order valence-electron chi connectivity index (χ2n) is 13.8. The van der Waals surface area contributed by atoms with Crippen LogP contribution in [0.15, 0.2) is 102 Å². The number of hydrogen-bond donors (Lipinski definition) is 2. The lowest BCUT2D eigenvalue weighted by molar-refractivity contribution is -0.384. The maximum Gasteiger partial charge on any atom is 0.273 e. The van der Waals surface area contributed by atoms with E-state index >= 15 is 0 Å². The number of thioether (sulfide) groups is 1. The van der Waals surface area contributed by atoms with E-state index in [2.05, 4.69) is 19.6 Å². The van der Waals surface area contributed by atoms with Gasteiger partial charge in [0.25, 0.3) is 5.69 Å². The molecule has 6 rings (SSSR count). The summed E-state index contributed by atoms with van der Waals surface area (Å²) < 4.78 is 20.4. The van der Waals surface area contributed by atoms with Crippen LogP contribution >= 0.6 is 11.8 Å². The van der Waals surface area contributed by atoms with Gasteiger partial charge in [0.15, 0.2) is 0 Å². The maximum atomic E-state index is 11.5. The first kappa shape index (κ1) is 38.6. The molecule has 0 aromatic heterocycles. The fraction of sp³-hybridized carbons (Fsp3) is 0.452. The van der Waals surface area contributed by atoms with Crippen molar-refractivity contribution in [2.24, 2.45) is 22.9 Å². The second kappa shape index (κ2) is 18.2. The van der Waals surface area contributed by atoms with Gasteiger partial charge < -0.3 is 29.3 Å². The number of nitro benzene ring substituents is 1. The Labute approximate surface area is 316 Å². The largest absolute Gasteiger partial charge is 0.460 e. The molecule has 1 fully saturated rings. The molecular weight excluding hydrogens is 693 g/mol. The van der Waals surface area contributed by atoms with Gasteiger partial charge in [-0.1, -0.05) is 73.5 Å². The summed E-state index contributed by atoms with van der Waals surface area (Å²) in [5.41, 5.74) is 3.91. The summed E-state index contributed by atoms with van der Waals surface area (Å²) in [4.78, 5) is 17.2. The minimum absolute atomic E-state index is 0.0485. The number of aliphatic hydroxyl groups is 2. The summed E-state index contributed by atoms with van der Waals surface area (Å²) >= 11 is 1.79. The zero-order valence-corrected chi connectivity index (χ0v) is 31.1. The van der Waals surface area contributed by atoms with E-state index in [0.29, 0.717) is 49.7 Å². The average molecular weight is 743 g/mol. The zero-order valence-electron chi connectivity index (χ0n) is 30.3. The fourth-order valence-corrected chi connectivity index (χ4v) is 9.47. The minimum atomic E-state index is -1.04. The quantitative estimate of drug-likeness (QED) is 0.0535. The van der Waals surface area contributed by atoms with Crippen LogP contribution in [0.4, 0.5) is 5.69 Å². The Bertz CT molecular complexity index is 1770. The van der Waals surface area contributed by atoms with E-state index in [1.165, 1.54) is 12.1 Å². The van der Waals surface area contributed by atoms with Crippen molar-refractivity contribution >= 4 is 23.2 Å². The van der Waals surface area contributed by atoms with Gasteiger partial charge in [0.1, 0.15) is 23.9 Å². The molecule has 53 heavy (non-hydrogen) atoms. The van der Waals surface area contributed by atoms with Crippen LogP contribution in [0.2, 0.25) is 0 Å². The zero-order chi connectivity index (χ0) is 37.2. The summed E-state index contributed by atoms with van der Waals surface area (Å²) in [6.45, 7) is 7.03. The Hall–Kier alpha value is -4.16. The molecule has 6 unspecified atom stereocenters. The minimum Gasteiger partial charge on any atom is -0.460 e. The SMILES string of the molecule is C=CCOC12Oc3ccc(Oc4cccc([N+](=O)[O-])c4)cc3C3C(CCCCO)C(CCCCO)C=C(C(=NOCc4ccccc4)CC1SCC)C32. The molecular formula is C42H50N2O8S. The van der Waals surface area contributed by atoms with Crippen LogP contribution in [0.1, 0.15) is 68.9 Å². The average Bonchev–Trinajstić information content (AvgIpc) is 3.17. The number of non-ortho nitro benzene ring substituents is 1. The van der Waals surface area contributed by atoms with Gasteiger partial charge in [0, 0.05) is 37.2 Å². The summed E-state index contributed by atoms with van der Waals surface area (Å²) in [5, 5.41) is 35.9. The van der Waals surface area contributed by atoms with Crippen LogP contribution in [-0.2, 0) is 16.2 Å². The van der Waals surface area contributed by atoms with E-state index in [1.807, 2.05) is 48.5 Å². The van der Waals surface area contributed by atoms with Crippen LogP contribution in [0, 0.1) is 27.9 Å². The topological polar surface area (TPSA) is 133 Å². The number of allylic oxidation sites excluding steroid dienone is 1. The lowest BCUT2D eigenvalue weighted by atomic mass is 9.56. The molecule has 3 aromatic carbocycles. The van der Waals surface area contributed by atoms with Crippen molar-refractivity contribution in [3.63, 3.8) is 0 Å². The monoisotopic (exact) mass is 742 g/mol. The summed E-state index contributed by atoms with van der Waals surface area (Å²) in [6.07, 6.45) is 9.58. The molecule has 3 aliphatic rings. The van der Waals surface area contributed by atoms with Gasteiger partial charge in [-0.15, -0.1) is 6.58 Å². The second-order valence-corrected chi connectivity index (χ2v) is 15.3. The third-order valence-corrected chi connectivity index (χ3v) is 11.7. The smallest absolute Gasteiger partial charge is 0.273 e. The van der Waals surface area contributed by atoms with Crippen molar-refractivity contribution < 1.29 is 34.2 Å². The van der Waals surface area contributed by atoms with Crippen molar-refractivity contribution in [1.29, 1.82) is 0 Å². The molecule has 6 atom stereocenters. The summed E-state index contributed by atoms with van der Waals surface area (Å²) in [5.74, 6) is 1.38. The molecule has 10 nitrogen and oxygen atoms in total. The highest BCUT2D eigenvalue weighted by Gasteiger charge is 2.63. The molecule has 0 spiro atoms. The number of rotatable bonds is 19. The van der Waals surface area contributed by atoms with Crippen LogP contribution < -0.4 is 9.47 Å². The standard InChI is InChI=1S/C42H50N2O8S/c1-3-23-49-42-39(53-4-2)27-37(43-50-28-29-13-6-5-7-14-29)35-24-30(15-8-10-21-45)34(18-9-11-22-46)40(41(35)42)36-26-33(19-20-38(36)52-42)51-32-17-12-16-31(25-32)44(47)48/h3,5-7,12-14,16-17,19-20,24-26,30,34,39-41,45-46H,1,4,8-11,15,18,21-23,27-28H2,2H3. The van der Waals surface area contributed by atoms with Crippen LogP contribution in [0.3, 0.4) is 0 Å². The molecule has 2 aliphatic carbocycles. The van der Waals surface area contributed by atoms with E-state index in [1.54, 1.807) is 30.0 Å². The molecule has 1 saturated carbocycles. The Morgan fingerprint density at radius 1 is 1.02 bits per heavy atom. The summed E-state index contributed by atoms with van der Waals surface area (Å²) in [7, 11) is 0. The molecule has 1 heterocycles. The van der Waals surface area contributed by atoms with Crippen LogP contribution in [0.25, 0.3) is 0 Å². The first-order valence-corrected chi connectivity index (χ1v) is 19.8. The molecule has 0 radical (unpaired) electrons. The van der Waals surface area contributed by atoms with Gasteiger partial charge in [0.2, 0.25) is 5.79 Å². The number of unbranched alkanes of at least 4 members (excludes halogenated alkanes) is 2. The van der Waals surface area contributed by atoms with E-state index < -0.39 is 10.7 Å². The van der Waals surface area contributed by atoms with Gasteiger partial charge >= 0.3 is 0 Å². The van der Waals surface area contributed by atoms with E-state index in [-0.39, 0.29) is 47.8 Å². The molecule has 0 bridgehead atoms. The van der Waals surface area contributed by atoms with Gasteiger partial charge in [0.05, 0.1) is 34.5 Å². The number of fused-ring (bicyclic) bond motifs is 2. The Morgan fingerprint density at radius 2 is 1.79 bits per heavy atom. The van der Waals surface area contributed by atoms with Crippen molar-refractivity contribution in [2.45, 2.75) is 75.4 Å². The van der Waals surface area contributed by atoms with Crippen molar-refractivity contribution in [3.05, 3.63) is 118 Å². The molecule has 1 aliphatic heterocycles. The lowest BCUT2D eigenvalue weighted by Gasteiger charge is -2.58. The van der Waals surface area contributed by atoms with Gasteiger partial charge in [-0.3, -0.25) is 10.1 Å². The number of benzene rings is 3. The number of oxime groups is 1. The molecule has 2 N–H and O–H groups in total. The predicted molar refractivity (Wildman–Crippen MR) is 207 cm³/mol. The number of hydrogen-bond acceptors (Lipinski definition) is 10. The number of nitrogens with zero attached hydrogens (tertiary/aromatic N) is 2. The third-order valence-electron chi connectivity index (χ3n) is 10.5. The van der Waals surface area contributed by atoms with Gasteiger partial charge in [-0.25, -0.2) is 0 Å². The van der Waals surface area contributed by atoms with E-state index in [4.69, 9.17) is 24.2 Å². The Balaban J connectivity index is 1.50. The fourth-order valence-electron chi connectivity index (χ4n) is 8.30. The molecule has 0 saturated heterocycles. The van der Waals surface area contributed by atoms with E-state index in [0.717, 1.165) is 53.8 Å². The molecule has 3 aromatic rings. The highest BCUT2D eigenvalue weighted by molar-refractivity contribution is 8.00. The highest BCUT2D eigenvalue weighted by Crippen LogP contribution is 2.62. The lowest BCUT2D eigenvalue weighted by Crippen LogP contribution is -2.64. The van der Waals surface area contributed by atoms with Gasteiger partial charge in [-0.05, 0) is 78.7 Å². The number of aliphatic hydroxyl groups excluding tert-OH is 2. The number of nitro groups is 1. The molecule has 11 heteroatoms. The van der Waals surface area contributed by atoms with Crippen molar-refractivity contribution in [2.75, 3.05) is 25.6 Å². The van der Waals surface area contributed by atoms with Crippen molar-refractivity contribution in [3.8, 4) is 17.2 Å². The normalized spacial score (nSPS) is 25.1. The first-order chi connectivity index (χ1) is 25.9. The van der Waals surface area contributed by atoms with Crippen LogP contribution in [0.5, 0.6) is 17.2 Å². The first-order valence-electron chi connectivity index (χ1n) is 18.7. The summed E-state index contributed by atoms with van der Waals surface area (Å²) in [6, 6.07) is 22.0. The molecule has 282 valence electrons. The van der Waals surface area contributed by atoms with Gasteiger partial charge in [-0.2, -0.15) is 11.8 Å². The highest BCUT2D eigenvalue weighted by atomic mass is 32.2. The maximum absolute atomic E-state index is 11.5. The Kier molecular flexibility index (Phi) is 13.3. The predicted octanol–water partition coefficient (Wildman–Crippen LogP) is 8.97. The Morgan fingerprint density at radius 3 is 2.53 bits per heavy atom. The van der Waals surface area contributed by atoms with E-state index in [9.17, 15) is 20.3 Å². The van der Waals surface area contributed by atoms with Crippen molar-refractivity contribution in [1.82, 2.24) is 0 Å². The molecule has 0 amide bonds. The number of ether oxygens (including phenoxy) is 3. The van der Waals surface area contributed by atoms with Crippen LogP contribution in [-0.4, -0.2) is 57.5 Å². The third kappa shape index (κ3) is 8.64.